The third-order valence-electron chi connectivity index (χ3n) is 4.42. The number of nitrogens with one attached hydrogen (secondary N) is 1. The average Bonchev–Trinajstić information content (AvgIpc) is 3.18. The first-order chi connectivity index (χ1) is 15.3. The highest BCUT2D eigenvalue weighted by Crippen LogP contribution is 2.43. The van der Waals surface area contributed by atoms with Crippen LogP contribution >= 0.6 is 7.52 Å². The zero-order valence-corrected chi connectivity index (χ0v) is 18.6. The standard InChI is InChI=1S/C19H25N6O6P/c1-13(18(26)27)24-32(28,31-10-14-6-4-3-5-7-14)12-30-9-8-25-11-21-15-16(25)22-19(20)23-17(15)29-2/h3-7,11,13H,8-10,12H2,1-2H3,(H,24,28)(H,26,27)(H2,20,22,23)/t13-,32?/m0/s1. The van der Waals surface area contributed by atoms with Gasteiger partial charge >= 0.3 is 5.97 Å². The van der Waals surface area contributed by atoms with Crippen molar-refractivity contribution in [3.8, 4) is 5.88 Å². The minimum absolute atomic E-state index is 0.0442. The van der Waals surface area contributed by atoms with E-state index in [-0.39, 0.29) is 31.4 Å². The fourth-order valence-electron chi connectivity index (χ4n) is 2.80. The van der Waals surface area contributed by atoms with Crippen molar-refractivity contribution in [3.63, 3.8) is 0 Å². The summed E-state index contributed by atoms with van der Waals surface area (Å²) in [4.78, 5) is 23.6. The van der Waals surface area contributed by atoms with Crippen LogP contribution in [0.15, 0.2) is 36.7 Å². The van der Waals surface area contributed by atoms with E-state index in [1.807, 2.05) is 30.3 Å². The zero-order valence-electron chi connectivity index (χ0n) is 17.7. The van der Waals surface area contributed by atoms with E-state index in [9.17, 15) is 14.5 Å². The maximum atomic E-state index is 13.2. The second-order valence-electron chi connectivity index (χ2n) is 6.86. The molecule has 2 aromatic heterocycles. The molecule has 2 atom stereocenters. The van der Waals surface area contributed by atoms with Crippen LogP contribution in [0.3, 0.4) is 0 Å². The Bertz CT molecular complexity index is 1110. The number of anilines is 1. The highest BCUT2D eigenvalue weighted by Gasteiger charge is 2.28. The number of rotatable bonds is 12. The molecule has 0 spiro atoms. The van der Waals surface area contributed by atoms with Gasteiger partial charge in [0.1, 0.15) is 12.4 Å². The smallest absolute Gasteiger partial charge is 0.320 e. The fraction of sp³-hybridized carbons (Fsp3) is 0.368. The molecule has 2 heterocycles. The van der Waals surface area contributed by atoms with Gasteiger partial charge in [-0.05, 0) is 12.5 Å². The van der Waals surface area contributed by atoms with Crippen molar-refractivity contribution in [1.29, 1.82) is 0 Å². The monoisotopic (exact) mass is 464 g/mol. The Labute approximate surface area is 184 Å². The Kier molecular flexibility index (Phi) is 7.75. The number of benzene rings is 1. The lowest BCUT2D eigenvalue weighted by molar-refractivity contribution is -0.138. The first kappa shape index (κ1) is 23.6. The van der Waals surface area contributed by atoms with Gasteiger partial charge in [-0.2, -0.15) is 9.97 Å². The molecule has 0 aliphatic heterocycles. The molecular formula is C19H25N6O6P. The molecule has 4 N–H and O–H groups in total. The van der Waals surface area contributed by atoms with Crippen LogP contribution in [-0.2, 0) is 31.8 Å². The Morgan fingerprint density at radius 2 is 2.06 bits per heavy atom. The Hall–Kier alpha value is -3.05. The van der Waals surface area contributed by atoms with Crippen molar-refractivity contribution < 1.29 is 28.5 Å². The highest BCUT2D eigenvalue weighted by molar-refractivity contribution is 7.56. The molecule has 0 aliphatic rings. The molecule has 0 aliphatic carbocycles. The van der Waals surface area contributed by atoms with E-state index in [1.54, 1.807) is 10.9 Å². The Morgan fingerprint density at radius 1 is 1.31 bits per heavy atom. The number of carboxylic acid groups (broad SMARTS) is 1. The number of nitrogens with zero attached hydrogens (tertiary/aromatic N) is 4. The summed E-state index contributed by atoms with van der Waals surface area (Å²) in [6, 6.07) is 8.06. The zero-order chi connectivity index (χ0) is 23.1. The van der Waals surface area contributed by atoms with Gasteiger partial charge in [-0.15, -0.1) is 0 Å². The summed E-state index contributed by atoms with van der Waals surface area (Å²) in [7, 11) is -2.15. The van der Waals surface area contributed by atoms with Gasteiger partial charge in [0.2, 0.25) is 11.8 Å². The van der Waals surface area contributed by atoms with Gasteiger partial charge in [-0.1, -0.05) is 30.3 Å². The van der Waals surface area contributed by atoms with Crippen LogP contribution in [0.4, 0.5) is 5.95 Å². The van der Waals surface area contributed by atoms with E-state index >= 15 is 0 Å². The summed E-state index contributed by atoms with van der Waals surface area (Å²) >= 11 is 0. The predicted octanol–water partition coefficient (Wildman–Crippen LogP) is 1.86. The number of aliphatic carboxylic acids is 1. The molecule has 1 aromatic carbocycles. The van der Waals surface area contributed by atoms with Gasteiger partial charge in [0, 0.05) is 6.54 Å². The molecule has 3 aromatic rings. The van der Waals surface area contributed by atoms with E-state index in [4.69, 9.17) is 19.7 Å². The third kappa shape index (κ3) is 6.01. The molecule has 0 saturated heterocycles. The number of hydrogen-bond acceptors (Lipinski definition) is 9. The molecule has 13 heteroatoms. The summed E-state index contributed by atoms with van der Waals surface area (Å²) < 4.78 is 31.2. The fourth-order valence-corrected chi connectivity index (χ4v) is 4.45. The van der Waals surface area contributed by atoms with Gasteiger partial charge in [0.05, 0.1) is 26.7 Å². The summed E-state index contributed by atoms with van der Waals surface area (Å²) in [6.07, 6.45) is 1.23. The van der Waals surface area contributed by atoms with E-state index in [1.165, 1.54) is 14.0 Å². The quantitative estimate of drug-likeness (QED) is 0.265. The van der Waals surface area contributed by atoms with E-state index in [2.05, 4.69) is 20.0 Å². The number of nitrogens with two attached hydrogens (primary N) is 1. The van der Waals surface area contributed by atoms with Crippen molar-refractivity contribution in [2.75, 3.05) is 25.8 Å². The molecule has 0 amide bonds. The largest absolute Gasteiger partial charge is 0.480 e. The molecule has 3 rings (SSSR count). The van der Waals surface area contributed by atoms with Crippen molar-refractivity contribution in [1.82, 2.24) is 24.6 Å². The summed E-state index contributed by atoms with van der Waals surface area (Å²) in [5, 5.41) is 11.7. The van der Waals surface area contributed by atoms with Crippen molar-refractivity contribution in [2.24, 2.45) is 0 Å². The SMILES string of the molecule is COc1nc(N)nc2c1ncn2CCOCP(=O)(N[C@@H](C)C(=O)O)OCc1ccccc1. The van der Waals surface area contributed by atoms with Crippen LogP contribution in [0.25, 0.3) is 11.2 Å². The van der Waals surface area contributed by atoms with Crippen LogP contribution in [-0.4, -0.2) is 56.7 Å². The van der Waals surface area contributed by atoms with Crippen molar-refractivity contribution >= 4 is 30.6 Å². The Morgan fingerprint density at radius 3 is 2.75 bits per heavy atom. The summed E-state index contributed by atoms with van der Waals surface area (Å²) in [5.74, 6) is -0.842. The highest BCUT2D eigenvalue weighted by atomic mass is 31.2. The number of imidazole rings is 1. The molecule has 0 saturated carbocycles. The minimum Gasteiger partial charge on any atom is -0.480 e. The lowest BCUT2D eigenvalue weighted by atomic mass is 10.2. The topological polar surface area (TPSA) is 164 Å². The molecule has 1 unspecified atom stereocenters. The minimum atomic E-state index is -3.61. The van der Waals surface area contributed by atoms with Gasteiger partial charge in [0.25, 0.3) is 7.52 Å². The van der Waals surface area contributed by atoms with Crippen LogP contribution in [0.1, 0.15) is 12.5 Å². The Balaban J connectivity index is 1.63. The summed E-state index contributed by atoms with van der Waals surface area (Å²) in [5.41, 5.74) is 7.43. The van der Waals surface area contributed by atoms with Crippen LogP contribution < -0.4 is 15.6 Å². The molecular weight excluding hydrogens is 439 g/mol. The van der Waals surface area contributed by atoms with Gasteiger partial charge < -0.3 is 29.4 Å². The number of nitrogen functional groups attached to an aromatic ring is 1. The van der Waals surface area contributed by atoms with Gasteiger partial charge in [0.15, 0.2) is 11.2 Å². The number of fused-ring (bicyclic) bond motifs is 1. The molecule has 12 nitrogen and oxygen atoms in total. The first-order valence-corrected chi connectivity index (χ1v) is 11.5. The lowest BCUT2D eigenvalue weighted by Gasteiger charge is -2.22. The molecule has 0 bridgehead atoms. The maximum Gasteiger partial charge on any atom is 0.320 e. The van der Waals surface area contributed by atoms with Crippen molar-refractivity contribution in [3.05, 3.63) is 42.2 Å². The number of methoxy groups -OCH3 is 1. The normalized spacial score (nSPS) is 14.2. The molecule has 172 valence electrons. The summed E-state index contributed by atoms with van der Waals surface area (Å²) in [6.45, 7) is 1.89. The van der Waals surface area contributed by atoms with Crippen LogP contribution in [0.5, 0.6) is 5.88 Å². The van der Waals surface area contributed by atoms with E-state index in [0.29, 0.717) is 17.7 Å². The number of aromatic nitrogens is 4. The lowest BCUT2D eigenvalue weighted by Crippen LogP contribution is -2.33. The average molecular weight is 464 g/mol. The van der Waals surface area contributed by atoms with E-state index in [0.717, 1.165) is 5.56 Å². The predicted molar refractivity (Wildman–Crippen MR) is 116 cm³/mol. The number of hydrogen-bond donors (Lipinski definition) is 3. The van der Waals surface area contributed by atoms with Crippen molar-refractivity contribution in [2.45, 2.75) is 26.1 Å². The number of carbonyl (C=O) groups is 1. The van der Waals surface area contributed by atoms with Crippen LogP contribution in [0, 0.1) is 0 Å². The molecule has 0 fully saturated rings. The van der Waals surface area contributed by atoms with Gasteiger partial charge in [-0.3, -0.25) is 9.36 Å². The second kappa shape index (κ2) is 10.5. The van der Waals surface area contributed by atoms with Crippen LogP contribution in [0.2, 0.25) is 0 Å². The van der Waals surface area contributed by atoms with Gasteiger partial charge in [-0.25, -0.2) is 10.1 Å². The molecule has 32 heavy (non-hydrogen) atoms. The number of carboxylic acids is 1. The third-order valence-corrected chi connectivity index (χ3v) is 6.27. The first-order valence-electron chi connectivity index (χ1n) is 9.69. The number of ether oxygens (including phenoxy) is 2. The second-order valence-corrected chi connectivity index (χ2v) is 8.98. The molecule has 0 radical (unpaired) electrons. The van der Waals surface area contributed by atoms with E-state index < -0.39 is 19.5 Å². The maximum absolute atomic E-state index is 13.2.